The van der Waals surface area contributed by atoms with E-state index in [1.807, 2.05) is 20.9 Å². The molecule has 0 bridgehead atoms. The van der Waals surface area contributed by atoms with Crippen molar-refractivity contribution in [3.05, 3.63) is 33.6 Å². The van der Waals surface area contributed by atoms with Crippen LogP contribution in [0.2, 0.25) is 10.0 Å². The van der Waals surface area contributed by atoms with Gasteiger partial charge in [0.1, 0.15) is 5.69 Å². The topological polar surface area (TPSA) is 53.1 Å². The van der Waals surface area contributed by atoms with Crippen LogP contribution in [0.25, 0.3) is 0 Å². The fraction of sp³-hybridized carbons (Fsp3) is 0.250. The lowest BCUT2D eigenvalue weighted by Crippen LogP contribution is -1.94. The number of halogens is 2. The molecule has 96 valence electrons. The molecule has 0 saturated carbocycles. The minimum Gasteiger partial charge on any atom is -0.450 e. The van der Waals surface area contributed by atoms with Crippen molar-refractivity contribution in [1.29, 1.82) is 0 Å². The van der Waals surface area contributed by atoms with Gasteiger partial charge >= 0.3 is 0 Å². The predicted molar refractivity (Wildman–Crippen MR) is 73.6 cm³/mol. The number of ether oxygens (including phenoxy) is 1. The lowest BCUT2D eigenvalue weighted by atomic mass is 10.3. The molecule has 1 heterocycles. The maximum Gasteiger partial charge on any atom is 0.171 e. The average molecular weight is 286 g/mol. The second kappa shape index (κ2) is 4.71. The number of anilines is 1. The Bertz CT molecular complexity index is 585. The fourth-order valence-corrected chi connectivity index (χ4v) is 2.26. The number of aromatic nitrogens is 2. The first kappa shape index (κ1) is 13.1. The smallest absolute Gasteiger partial charge is 0.171 e. The van der Waals surface area contributed by atoms with Gasteiger partial charge in [-0.1, -0.05) is 23.2 Å². The quantitative estimate of drug-likeness (QED) is 0.856. The predicted octanol–water partition coefficient (Wildman–Crippen LogP) is 3.72. The summed E-state index contributed by atoms with van der Waals surface area (Å²) in [5, 5.41) is 5.02. The third kappa shape index (κ3) is 2.26. The molecule has 0 radical (unpaired) electrons. The average Bonchev–Trinajstić information content (AvgIpc) is 2.48. The van der Waals surface area contributed by atoms with Crippen LogP contribution < -0.4 is 10.5 Å². The Morgan fingerprint density at radius 2 is 1.72 bits per heavy atom. The van der Waals surface area contributed by atoms with Crippen molar-refractivity contribution in [3.8, 4) is 11.5 Å². The molecule has 0 unspecified atom stereocenters. The zero-order chi connectivity index (χ0) is 13.4. The summed E-state index contributed by atoms with van der Waals surface area (Å²) in [6.07, 6.45) is 0. The molecule has 2 rings (SSSR count). The van der Waals surface area contributed by atoms with Crippen LogP contribution >= 0.6 is 23.2 Å². The standard InChI is InChI=1S/C12H13Cl2N3O/c1-6-11(7(2)17(3)16-6)18-12-9(13)4-8(15)5-10(12)14/h4-5H,15H2,1-3H3. The number of benzene rings is 1. The number of nitrogens with zero attached hydrogens (tertiary/aromatic N) is 2. The molecule has 1 aromatic heterocycles. The van der Waals surface area contributed by atoms with Gasteiger partial charge < -0.3 is 10.5 Å². The van der Waals surface area contributed by atoms with E-state index in [4.69, 9.17) is 33.7 Å². The Morgan fingerprint density at radius 1 is 1.17 bits per heavy atom. The van der Waals surface area contributed by atoms with E-state index in [0.717, 1.165) is 11.4 Å². The van der Waals surface area contributed by atoms with Gasteiger partial charge in [-0.25, -0.2) is 0 Å². The van der Waals surface area contributed by atoms with Crippen LogP contribution in [0.5, 0.6) is 11.5 Å². The summed E-state index contributed by atoms with van der Waals surface area (Å²) in [6, 6.07) is 3.20. The number of rotatable bonds is 2. The Morgan fingerprint density at radius 3 is 2.17 bits per heavy atom. The summed E-state index contributed by atoms with van der Waals surface area (Å²) in [5.41, 5.74) is 7.82. The zero-order valence-electron chi connectivity index (χ0n) is 10.3. The summed E-state index contributed by atoms with van der Waals surface area (Å²) >= 11 is 12.2. The van der Waals surface area contributed by atoms with Gasteiger partial charge in [-0.15, -0.1) is 0 Å². The van der Waals surface area contributed by atoms with Gasteiger partial charge in [0.15, 0.2) is 11.5 Å². The molecule has 1 aromatic carbocycles. The SMILES string of the molecule is Cc1nn(C)c(C)c1Oc1c(Cl)cc(N)cc1Cl. The fourth-order valence-electron chi connectivity index (χ4n) is 1.68. The second-order valence-electron chi connectivity index (χ2n) is 4.04. The van der Waals surface area contributed by atoms with Crippen molar-refractivity contribution < 1.29 is 4.74 Å². The van der Waals surface area contributed by atoms with Crippen molar-refractivity contribution in [1.82, 2.24) is 9.78 Å². The van der Waals surface area contributed by atoms with Gasteiger partial charge in [-0.05, 0) is 26.0 Å². The lowest BCUT2D eigenvalue weighted by molar-refractivity contribution is 0.474. The molecule has 0 aliphatic rings. The van der Waals surface area contributed by atoms with Gasteiger partial charge in [0.25, 0.3) is 0 Å². The molecule has 2 N–H and O–H groups in total. The minimum atomic E-state index is 0.377. The van der Waals surface area contributed by atoms with Crippen molar-refractivity contribution >= 4 is 28.9 Å². The molecule has 0 aliphatic heterocycles. The molecule has 0 saturated heterocycles. The molecule has 0 spiro atoms. The number of nitrogen functional groups attached to an aromatic ring is 1. The van der Waals surface area contributed by atoms with E-state index in [2.05, 4.69) is 5.10 Å². The number of nitrogens with two attached hydrogens (primary N) is 1. The monoisotopic (exact) mass is 285 g/mol. The maximum atomic E-state index is 6.08. The van der Waals surface area contributed by atoms with E-state index >= 15 is 0 Å². The van der Waals surface area contributed by atoms with E-state index in [9.17, 15) is 0 Å². The highest BCUT2D eigenvalue weighted by Gasteiger charge is 2.16. The highest BCUT2D eigenvalue weighted by Crippen LogP contribution is 2.39. The van der Waals surface area contributed by atoms with Crippen molar-refractivity contribution in [2.45, 2.75) is 13.8 Å². The summed E-state index contributed by atoms with van der Waals surface area (Å²) in [6.45, 7) is 3.77. The van der Waals surface area contributed by atoms with Crippen LogP contribution in [0.1, 0.15) is 11.4 Å². The highest BCUT2D eigenvalue weighted by atomic mass is 35.5. The van der Waals surface area contributed by atoms with Crippen molar-refractivity contribution in [2.24, 2.45) is 7.05 Å². The summed E-state index contributed by atoms with van der Waals surface area (Å²) in [5.74, 6) is 1.05. The number of aryl methyl sites for hydroxylation is 2. The first-order chi connectivity index (χ1) is 8.40. The van der Waals surface area contributed by atoms with Crippen LogP contribution in [-0.2, 0) is 7.05 Å². The normalized spacial score (nSPS) is 10.7. The Balaban J connectivity index is 2.46. The number of hydrogen-bond acceptors (Lipinski definition) is 3. The highest BCUT2D eigenvalue weighted by molar-refractivity contribution is 6.37. The molecular weight excluding hydrogens is 273 g/mol. The Hall–Kier alpha value is -1.39. The summed E-state index contributed by atoms with van der Waals surface area (Å²) < 4.78 is 7.51. The molecule has 2 aromatic rings. The van der Waals surface area contributed by atoms with Gasteiger partial charge in [0.2, 0.25) is 0 Å². The van der Waals surface area contributed by atoms with Gasteiger partial charge in [0, 0.05) is 12.7 Å². The molecule has 4 nitrogen and oxygen atoms in total. The third-order valence-electron chi connectivity index (χ3n) is 2.67. The first-order valence-electron chi connectivity index (χ1n) is 5.32. The Kier molecular flexibility index (Phi) is 3.41. The lowest BCUT2D eigenvalue weighted by Gasteiger charge is -2.10. The van der Waals surface area contributed by atoms with Crippen molar-refractivity contribution in [2.75, 3.05) is 5.73 Å². The van der Waals surface area contributed by atoms with Crippen LogP contribution in [-0.4, -0.2) is 9.78 Å². The van der Waals surface area contributed by atoms with Gasteiger partial charge in [-0.3, -0.25) is 4.68 Å². The molecule has 0 amide bonds. The van der Waals surface area contributed by atoms with Crippen molar-refractivity contribution in [3.63, 3.8) is 0 Å². The van der Waals surface area contributed by atoms with Crippen LogP contribution in [0, 0.1) is 13.8 Å². The summed E-state index contributed by atoms with van der Waals surface area (Å²) in [4.78, 5) is 0. The van der Waals surface area contributed by atoms with Gasteiger partial charge in [0.05, 0.1) is 15.7 Å². The van der Waals surface area contributed by atoms with Crippen LogP contribution in [0.15, 0.2) is 12.1 Å². The van der Waals surface area contributed by atoms with E-state index in [1.54, 1.807) is 16.8 Å². The summed E-state index contributed by atoms with van der Waals surface area (Å²) in [7, 11) is 1.85. The molecule has 6 heteroatoms. The van der Waals surface area contributed by atoms with E-state index < -0.39 is 0 Å². The maximum absolute atomic E-state index is 6.08. The van der Waals surface area contributed by atoms with Crippen LogP contribution in [0.4, 0.5) is 5.69 Å². The molecule has 0 fully saturated rings. The molecule has 0 aliphatic carbocycles. The van der Waals surface area contributed by atoms with E-state index in [-0.39, 0.29) is 0 Å². The second-order valence-corrected chi connectivity index (χ2v) is 4.85. The van der Waals surface area contributed by atoms with Crippen LogP contribution in [0.3, 0.4) is 0 Å². The van der Waals surface area contributed by atoms with E-state index in [1.165, 1.54) is 0 Å². The number of hydrogen-bond donors (Lipinski definition) is 1. The molecular formula is C12H13Cl2N3O. The molecule has 18 heavy (non-hydrogen) atoms. The Labute approximate surface area is 115 Å². The molecule has 0 atom stereocenters. The zero-order valence-corrected chi connectivity index (χ0v) is 11.8. The van der Waals surface area contributed by atoms with Gasteiger partial charge in [-0.2, -0.15) is 5.10 Å². The largest absolute Gasteiger partial charge is 0.450 e. The third-order valence-corrected chi connectivity index (χ3v) is 3.23. The van der Waals surface area contributed by atoms with E-state index in [0.29, 0.717) is 27.2 Å². The first-order valence-corrected chi connectivity index (χ1v) is 6.08. The minimum absolute atomic E-state index is 0.377.